The minimum absolute atomic E-state index is 0.222. The molecule has 0 aliphatic heterocycles. The lowest BCUT2D eigenvalue weighted by atomic mass is 9.79. The second kappa shape index (κ2) is 14.4. The highest BCUT2D eigenvalue weighted by Gasteiger charge is 2.40. The molecule has 1 heteroatoms. The van der Waals surface area contributed by atoms with Crippen molar-refractivity contribution in [3.63, 3.8) is 0 Å². The number of rotatable bonds is 6. The van der Waals surface area contributed by atoms with Crippen molar-refractivity contribution in [2.75, 3.05) is 4.90 Å². The maximum absolute atomic E-state index is 2.51. The van der Waals surface area contributed by atoms with Crippen molar-refractivity contribution in [1.29, 1.82) is 0 Å². The molecule has 0 bridgehead atoms. The number of hydrogen-bond acceptors (Lipinski definition) is 1. The van der Waals surface area contributed by atoms with Gasteiger partial charge in [0, 0.05) is 27.9 Å². The molecule has 2 aliphatic carbocycles. The summed E-state index contributed by atoms with van der Waals surface area (Å²) in [5, 5.41) is 5.27. The minimum Gasteiger partial charge on any atom is -0.310 e. The summed E-state index contributed by atoms with van der Waals surface area (Å²) < 4.78 is 0. The van der Waals surface area contributed by atoms with Gasteiger partial charge in [0.25, 0.3) is 0 Å². The third kappa shape index (κ3) is 5.97. The third-order valence-electron chi connectivity index (χ3n) is 15.0. The minimum atomic E-state index is -0.222. The van der Waals surface area contributed by atoms with Gasteiger partial charge in [-0.2, -0.15) is 0 Å². The highest BCUT2D eigenvalue weighted by atomic mass is 15.1. The average molecular weight is 828 g/mol. The molecule has 64 heavy (non-hydrogen) atoms. The Bertz CT molecular complexity index is 3190. The van der Waals surface area contributed by atoms with Crippen LogP contribution in [0.2, 0.25) is 0 Å². The highest BCUT2D eigenvalue weighted by Crippen LogP contribution is 2.57. The molecule has 0 unspecified atom stereocenters. The third-order valence-corrected chi connectivity index (χ3v) is 15.0. The molecule has 0 aromatic heterocycles. The van der Waals surface area contributed by atoms with E-state index in [9.17, 15) is 0 Å². The first-order chi connectivity index (χ1) is 30.7. The lowest BCUT2D eigenvalue weighted by molar-refractivity contribution is 0.660. The van der Waals surface area contributed by atoms with Gasteiger partial charge < -0.3 is 4.90 Å². The maximum atomic E-state index is 2.51. The van der Waals surface area contributed by atoms with Crippen LogP contribution in [0.4, 0.5) is 17.1 Å². The zero-order valence-corrected chi connectivity index (χ0v) is 39.0. The van der Waals surface area contributed by atoms with E-state index in [4.69, 9.17) is 0 Å². The van der Waals surface area contributed by atoms with Gasteiger partial charge in [-0.25, -0.2) is 0 Å². The zero-order valence-electron chi connectivity index (χ0n) is 39.0. The predicted molar refractivity (Wildman–Crippen MR) is 275 cm³/mol. The fourth-order valence-corrected chi connectivity index (χ4v) is 11.4. The van der Waals surface area contributed by atoms with Crippen LogP contribution in [0, 0.1) is 27.7 Å². The van der Waals surface area contributed by atoms with E-state index in [1.807, 2.05) is 0 Å². The summed E-state index contributed by atoms with van der Waals surface area (Å²) in [6.45, 7) is 23.2. The van der Waals surface area contributed by atoms with Gasteiger partial charge in [-0.1, -0.05) is 162 Å². The van der Waals surface area contributed by atoms with Gasteiger partial charge in [-0.15, -0.1) is 0 Å². The van der Waals surface area contributed by atoms with Crippen LogP contribution in [0.5, 0.6) is 0 Å². The van der Waals surface area contributed by atoms with Crippen LogP contribution < -0.4 is 4.90 Å². The number of benzene rings is 9. The molecule has 0 N–H and O–H groups in total. The molecule has 0 heterocycles. The summed E-state index contributed by atoms with van der Waals surface area (Å²) >= 11 is 0. The molecule has 1 nitrogen and oxygen atoms in total. The van der Waals surface area contributed by atoms with Crippen molar-refractivity contribution >= 4 is 38.6 Å². The van der Waals surface area contributed by atoms with Crippen LogP contribution in [0.1, 0.15) is 97.5 Å². The van der Waals surface area contributed by atoms with Crippen LogP contribution in [-0.2, 0) is 10.8 Å². The molecular formula is C63H57N. The first kappa shape index (κ1) is 40.1. The second-order valence-corrected chi connectivity index (χ2v) is 20.2. The van der Waals surface area contributed by atoms with E-state index in [-0.39, 0.29) is 10.8 Å². The molecule has 314 valence electrons. The van der Waals surface area contributed by atoms with Crippen LogP contribution in [-0.4, -0.2) is 0 Å². The van der Waals surface area contributed by atoms with Crippen molar-refractivity contribution in [1.82, 2.24) is 0 Å². The van der Waals surface area contributed by atoms with E-state index in [0.29, 0.717) is 5.92 Å². The number of aryl methyl sites for hydroxylation is 4. The van der Waals surface area contributed by atoms with E-state index < -0.39 is 0 Å². The van der Waals surface area contributed by atoms with Gasteiger partial charge in [-0.3, -0.25) is 0 Å². The van der Waals surface area contributed by atoms with Gasteiger partial charge in [0.15, 0.2) is 0 Å². The van der Waals surface area contributed by atoms with Gasteiger partial charge in [0.2, 0.25) is 0 Å². The quantitative estimate of drug-likeness (QED) is 0.161. The number of nitrogens with zero attached hydrogens (tertiary/aromatic N) is 1. The standard InChI is InChI=1S/C63H57N/c1-37(2)42-23-25-43(26-24-42)64(44-27-29-50-56(33-44)62(7,8)58-35-54(52-31-38(3)19-21-40(52)5)46-15-11-13-17-48(46)60(50)58)45-28-30-51-57(34-45)63(9,10)59-36-55(53-32-39(4)20-22-41(53)6)47-16-12-14-18-49(47)61(51)59/h11-37H,1-10H3. The Labute approximate surface area is 380 Å². The van der Waals surface area contributed by atoms with Crippen molar-refractivity contribution in [3.8, 4) is 44.5 Å². The van der Waals surface area contributed by atoms with E-state index >= 15 is 0 Å². The molecule has 9 aromatic rings. The Morgan fingerprint density at radius 1 is 0.359 bits per heavy atom. The molecule has 11 rings (SSSR count). The van der Waals surface area contributed by atoms with Crippen molar-refractivity contribution in [3.05, 3.63) is 208 Å². The lowest BCUT2D eigenvalue weighted by Gasteiger charge is -2.30. The van der Waals surface area contributed by atoms with Gasteiger partial charge in [-0.05, 0) is 187 Å². The maximum Gasteiger partial charge on any atom is 0.0465 e. The van der Waals surface area contributed by atoms with Crippen molar-refractivity contribution < 1.29 is 0 Å². The van der Waals surface area contributed by atoms with E-state index in [0.717, 1.165) is 5.69 Å². The number of hydrogen-bond donors (Lipinski definition) is 0. The zero-order chi connectivity index (χ0) is 44.4. The van der Waals surface area contributed by atoms with Crippen LogP contribution in [0.15, 0.2) is 158 Å². The molecule has 0 saturated heterocycles. The van der Waals surface area contributed by atoms with E-state index in [1.165, 1.54) is 127 Å². The predicted octanol–water partition coefficient (Wildman–Crippen LogP) is 17.8. The number of anilines is 3. The molecule has 2 aliphatic rings. The first-order valence-corrected chi connectivity index (χ1v) is 23.2. The summed E-state index contributed by atoms with van der Waals surface area (Å²) in [5.74, 6) is 0.452. The van der Waals surface area contributed by atoms with Crippen LogP contribution in [0.25, 0.3) is 66.1 Å². The second-order valence-electron chi connectivity index (χ2n) is 20.2. The fourth-order valence-electron chi connectivity index (χ4n) is 11.4. The largest absolute Gasteiger partial charge is 0.310 e. The summed E-state index contributed by atoms with van der Waals surface area (Å²) in [6, 6.07) is 60.7. The van der Waals surface area contributed by atoms with E-state index in [2.05, 4.69) is 232 Å². The SMILES string of the molecule is Cc1ccc(C)c(-c2cc3c(c4ccccc24)-c2ccc(N(c4ccc(C(C)C)cc4)c4ccc5c(c4)C(C)(C)c4cc(-c6cc(C)ccc6C)c6ccccc6c4-5)cc2C3(C)C)c1. The normalized spacial score (nSPS) is 14.2. The Hall–Kier alpha value is -6.70. The van der Waals surface area contributed by atoms with Gasteiger partial charge in [0.05, 0.1) is 0 Å². The number of fused-ring (bicyclic) bond motifs is 10. The summed E-state index contributed by atoms with van der Waals surface area (Å²) in [7, 11) is 0. The molecule has 0 atom stereocenters. The Balaban J connectivity index is 1.09. The molecule has 9 aromatic carbocycles. The summed E-state index contributed by atoms with van der Waals surface area (Å²) in [4.78, 5) is 2.50. The van der Waals surface area contributed by atoms with Gasteiger partial charge >= 0.3 is 0 Å². The lowest BCUT2D eigenvalue weighted by Crippen LogP contribution is -2.18. The Morgan fingerprint density at radius 2 is 0.766 bits per heavy atom. The average Bonchev–Trinajstić information content (AvgIpc) is 3.66. The van der Waals surface area contributed by atoms with Crippen molar-refractivity contribution in [2.24, 2.45) is 0 Å². The van der Waals surface area contributed by atoms with Crippen LogP contribution in [0.3, 0.4) is 0 Å². The monoisotopic (exact) mass is 827 g/mol. The molecule has 0 fully saturated rings. The summed E-state index contributed by atoms with van der Waals surface area (Å²) in [5.41, 5.74) is 25.8. The van der Waals surface area contributed by atoms with Gasteiger partial charge in [0.1, 0.15) is 0 Å². The smallest absolute Gasteiger partial charge is 0.0465 e. The topological polar surface area (TPSA) is 3.24 Å². The molecule has 0 amide bonds. The molecular weight excluding hydrogens is 771 g/mol. The molecule has 0 spiro atoms. The molecule has 0 radical (unpaired) electrons. The van der Waals surface area contributed by atoms with Crippen molar-refractivity contribution in [2.45, 2.75) is 86.0 Å². The molecule has 0 saturated carbocycles. The summed E-state index contributed by atoms with van der Waals surface area (Å²) in [6.07, 6.45) is 0. The fraction of sp³-hybridized carbons (Fsp3) is 0.206. The highest BCUT2D eigenvalue weighted by molar-refractivity contribution is 6.11. The van der Waals surface area contributed by atoms with Crippen LogP contribution >= 0.6 is 0 Å². The van der Waals surface area contributed by atoms with E-state index in [1.54, 1.807) is 0 Å². The Kier molecular flexibility index (Phi) is 9.03. The first-order valence-electron chi connectivity index (χ1n) is 23.2. The Morgan fingerprint density at radius 3 is 1.19 bits per heavy atom.